The first-order chi connectivity index (χ1) is 10.8. The van der Waals surface area contributed by atoms with Crippen LogP contribution in [0.15, 0.2) is 23.1 Å². The van der Waals surface area contributed by atoms with E-state index in [4.69, 9.17) is 0 Å². The molecule has 0 saturated carbocycles. The van der Waals surface area contributed by atoms with Crippen LogP contribution in [0, 0.1) is 12.7 Å². The van der Waals surface area contributed by atoms with Gasteiger partial charge in [-0.25, -0.2) is 17.5 Å². The van der Waals surface area contributed by atoms with Crippen molar-refractivity contribution in [1.82, 2.24) is 9.62 Å². The number of benzene rings is 1. The van der Waals surface area contributed by atoms with E-state index in [1.54, 1.807) is 4.90 Å². The van der Waals surface area contributed by atoms with E-state index in [-0.39, 0.29) is 22.9 Å². The molecule has 0 heterocycles. The lowest BCUT2D eigenvalue weighted by atomic mass is 10.2. The monoisotopic (exact) mass is 344 g/mol. The smallest absolute Gasteiger partial charge is 0.240 e. The summed E-state index contributed by atoms with van der Waals surface area (Å²) in [6, 6.07) is 3.66. The van der Waals surface area contributed by atoms with Gasteiger partial charge in [-0.1, -0.05) is 19.8 Å². The first-order valence-corrected chi connectivity index (χ1v) is 9.27. The normalized spacial score (nSPS) is 11.5. The zero-order valence-corrected chi connectivity index (χ0v) is 14.7. The van der Waals surface area contributed by atoms with Crippen LogP contribution in [0.4, 0.5) is 4.39 Å². The second-order valence-electron chi connectivity index (χ2n) is 5.52. The molecule has 0 aliphatic rings. The topological polar surface area (TPSA) is 66.5 Å². The molecule has 0 aromatic heterocycles. The summed E-state index contributed by atoms with van der Waals surface area (Å²) in [6.07, 6.45) is 2.99. The molecular weight excluding hydrogens is 319 g/mol. The van der Waals surface area contributed by atoms with Crippen molar-refractivity contribution in [3.8, 4) is 0 Å². The Morgan fingerprint density at radius 3 is 2.52 bits per heavy atom. The number of nitrogens with zero attached hydrogens (tertiary/aromatic N) is 1. The Balaban J connectivity index is 2.60. The number of unbranched alkanes of at least 4 members (excludes halogenated alkanes) is 2. The zero-order chi connectivity index (χ0) is 17.5. The summed E-state index contributed by atoms with van der Waals surface area (Å²) in [7, 11) is -3.70. The third-order valence-electron chi connectivity index (χ3n) is 3.59. The summed E-state index contributed by atoms with van der Waals surface area (Å²) in [5.41, 5.74) is 0.276. The van der Waals surface area contributed by atoms with E-state index >= 15 is 0 Å². The standard InChI is InChI=1S/C16H25FN2O3S/c1-4-5-6-10-19(14(3)20)11-9-18-23(21,22)15-7-8-16(17)13(2)12-15/h7-8,12,18H,4-6,9-11H2,1-3H3. The van der Waals surface area contributed by atoms with E-state index in [2.05, 4.69) is 11.6 Å². The third kappa shape index (κ3) is 6.27. The number of halogens is 1. The number of carbonyl (C=O) groups excluding carboxylic acids is 1. The van der Waals surface area contributed by atoms with Crippen molar-refractivity contribution in [2.45, 2.75) is 44.9 Å². The maximum Gasteiger partial charge on any atom is 0.240 e. The van der Waals surface area contributed by atoms with Gasteiger partial charge >= 0.3 is 0 Å². The molecule has 1 N–H and O–H groups in total. The van der Waals surface area contributed by atoms with Crippen LogP contribution in [0.2, 0.25) is 0 Å². The van der Waals surface area contributed by atoms with Crippen molar-refractivity contribution >= 4 is 15.9 Å². The molecule has 0 unspecified atom stereocenters. The summed E-state index contributed by atoms with van der Waals surface area (Å²) in [4.78, 5) is 13.2. The van der Waals surface area contributed by atoms with Gasteiger partial charge in [-0.3, -0.25) is 4.79 Å². The Kier molecular flexibility index (Phi) is 7.64. The molecule has 1 aromatic rings. The molecular formula is C16H25FN2O3S. The minimum Gasteiger partial charge on any atom is -0.342 e. The van der Waals surface area contributed by atoms with Crippen molar-refractivity contribution in [2.24, 2.45) is 0 Å². The van der Waals surface area contributed by atoms with Gasteiger partial charge in [-0.05, 0) is 37.1 Å². The molecule has 0 saturated heterocycles. The maximum absolute atomic E-state index is 13.2. The highest BCUT2D eigenvalue weighted by atomic mass is 32.2. The Labute approximate surface area is 137 Å². The largest absolute Gasteiger partial charge is 0.342 e. The molecule has 0 fully saturated rings. The number of nitrogens with one attached hydrogen (secondary N) is 1. The highest BCUT2D eigenvalue weighted by Crippen LogP contribution is 2.13. The molecule has 1 rings (SSSR count). The van der Waals surface area contributed by atoms with Gasteiger partial charge in [0.2, 0.25) is 15.9 Å². The highest BCUT2D eigenvalue weighted by molar-refractivity contribution is 7.89. The molecule has 0 radical (unpaired) electrons. The predicted molar refractivity (Wildman–Crippen MR) is 88.1 cm³/mol. The fourth-order valence-corrected chi connectivity index (χ4v) is 3.27. The van der Waals surface area contributed by atoms with Crippen LogP contribution in [-0.2, 0) is 14.8 Å². The van der Waals surface area contributed by atoms with Gasteiger partial charge in [0, 0.05) is 26.6 Å². The van der Waals surface area contributed by atoms with Gasteiger partial charge in [0.15, 0.2) is 0 Å². The zero-order valence-electron chi connectivity index (χ0n) is 13.9. The number of hydrogen-bond acceptors (Lipinski definition) is 3. The average Bonchev–Trinajstić information content (AvgIpc) is 2.48. The Bertz CT molecular complexity index is 632. The van der Waals surface area contributed by atoms with Crippen LogP contribution < -0.4 is 4.72 Å². The number of sulfonamides is 1. The Hall–Kier alpha value is -1.47. The van der Waals surface area contributed by atoms with Crippen molar-refractivity contribution < 1.29 is 17.6 Å². The van der Waals surface area contributed by atoms with Gasteiger partial charge in [-0.2, -0.15) is 0 Å². The average molecular weight is 344 g/mol. The lowest BCUT2D eigenvalue weighted by Crippen LogP contribution is -2.38. The highest BCUT2D eigenvalue weighted by Gasteiger charge is 2.16. The number of amides is 1. The van der Waals surface area contributed by atoms with E-state index in [1.165, 1.54) is 26.0 Å². The summed E-state index contributed by atoms with van der Waals surface area (Å²) < 4.78 is 40.0. The maximum atomic E-state index is 13.2. The molecule has 1 amide bonds. The van der Waals surface area contributed by atoms with Crippen LogP contribution in [0.25, 0.3) is 0 Å². The van der Waals surface area contributed by atoms with Crippen molar-refractivity contribution in [1.29, 1.82) is 0 Å². The summed E-state index contributed by atoms with van der Waals surface area (Å²) in [6.45, 7) is 6.14. The van der Waals surface area contributed by atoms with Gasteiger partial charge < -0.3 is 4.90 Å². The van der Waals surface area contributed by atoms with Gasteiger partial charge in [0.1, 0.15) is 5.82 Å². The third-order valence-corrected chi connectivity index (χ3v) is 5.05. The number of hydrogen-bond donors (Lipinski definition) is 1. The molecule has 0 aliphatic carbocycles. The van der Waals surface area contributed by atoms with Gasteiger partial charge in [-0.15, -0.1) is 0 Å². The Morgan fingerprint density at radius 2 is 1.96 bits per heavy atom. The number of carbonyl (C=O) groups is 1. The van der Waals surface area contributed by atoms with E-state index in [0.717, 1.165) is 25.3 Å². The summed E-state index contributed by atoms with van der Waals surface area (Å²) in [5, 5.41) is 0. The second-order valence-corrected chi connectivity index (χ2v) is 7.29. The molecule has 0 spiro atoms. The van der Waals surface area contributed by atoms with Crippen LogP contribution in [0.5, 0.6) is 0 Å². The lowest BCUT2D eigenvalue weighted by Gasteiger charge is -2.21. The number of aryl methyl sites for hydroxylation is 1. The minimum absolute atomic E-state index is 0.0248. The molecule has 0 aliphatic heterocycles. The molecule has 130 valence electrons. The fourth-order valence-electron chi connectivity index (χ4n) is 2.16. The van der Waals surface area contributed by atoms with Crippen LogP contribution in [0.1, 0.15) is 38.7 Å². The molecule has 23 heavy (non-hydrogen) atoms. The SMILES string of the molecule is CCCCCN(CCNS(=O)(=O)c1ccc(F)c(C)c1)C(C)=O. The first kappa shape index (κ1) is 19.6. The lowest BCUT2D eigenvalue weighted by molar-refractivity contribution is -0.128. The van der Waals surface area contributed by atoms with Crippen molar-refractivity contribution in [3.63, 3.8) is 0 Å². The molecule has 7 heteroatoms. The summed E-state index contributed by atoms with van der Waals surface area (Å²) in [5.74, 6) is -0.513. The van der Waals surface area contributed by atoms with Crippen LogP contribution >= 0.6 is 0 Å². The van der Waals surface area contributed by atoms with Gasteiger partial charge in [0.25, 0.3) is 0 Å². The molecule has 0 atom stereocenters. The predicted octanol–water partition coefficient (Wildman–Crippen LogP) is 2.45. The molecule has 1 aromatic carbocycles. The Morgan fingerprint density at radius 1 is 1.26 bits per heavy atom. The van der Waals surface area contributed by atoms with E-state index < -0.39 is 15.8 Å². The van der Waals surface area contributed by atoms with Crippen molar-refractivity contribution in [3.05, 3.63) is 29.6 Å². The number of rotatable bonds is 9. The van der Waals surface area contributed by atoms with Crippen LogP contribution in [0.3, 0.4) is 0 Å². The quantitative estimate of drug-likeness (QED) is 0.700. The van der Waals surface area contributed by atoms with Gasteiger partial charge in [0.05, 0.1) is 4.90 Å². The van der Waals surface area contributed by atoms with Crippen LogP contribution in [-0.4, -0.2) is 38.9 Å². The minimum atomic E-state index is -3.70. The van der Waals surface area contributed by atoms with E-state index in [0.29, 0.717) is 13.1 Å². The van der Waals surface area contributed by atoms with Crippen molar-refractivity contribution in [2.75, 3.05) is 19.6 Å². The second kappa shape index (κ2) is 8.98. The molecule has 5 nitrogen and oxygen atoms in total. The van der Waals surface area contributed by atoms with E-state index in [1.807, 2.05) is 0 Å². The van der Waals surface area contributed by atoms with E-state index in [9.17, 15) is 17.6 Å². The fraction of sp³-hybridized carbons (Fsp3) is 0.562. The molecule has 0 bridgehead atoms. The summed E-state index contributed by atoms with van der Waals surface area (Å²) >= 11 is 0. The first-order valence-electron chi connectivity index (χ1n) is 7.79.